The van der Waals surface area contributed by atoms with Crippen LogP contribution in [0.15, 0.2) is 158 Å². The second-order valence-electron chi connectivity index (χ2n) is 12.3. The number of benzene rings is 4. The average molecular weight is 873 g/mol. The first-order valence-corrected chi connectivity index (χ1v) is 21.6. The fourth-order valence-corrected chi connectivity index (χ4v) is 6.68. The van der Waals surface area contributed by atoms with Crippen molar-refractivity contribution in [1.29, 1.82) is 0 Å². The molecule has 4 aromatic carbocycles. The Hall–Kier alpha value is -4.18. The SMILES string of the molecule is CCc1[c-]c2ccccc(-c3c(F)cccc3-c3ccccc3)c-2c1.CCc1[c-]c2ccccc(-c3c(F)cccc3-c3ccccc3)c-2c1.Cl.Cl.[CH3-].[CH3-].[Si]=[Zr]. The van der Waals surface area contributed by atoms with E-state index in [0.29, 0.717) is 11.1 Å². The van der Waals surface area contributed by atoms with Crippen molar-refractivity contribution in [3.05, 3.63) is 207 Å². The summed E-state index contributed by atoms with van der Waals surface area (Å²) in [5, 5.41) is 0. The molecule has 2 radical (unpaired) electrons. The molecule has 0 aliphatic heterocycles. The van der Waals surface area contributed by atoms with E-state index in [-0.39, 0.29) is 51.3 Å². The number of rotatable bonds is 6. The van der Waals surface area contributed by atoms with E-state index in [9.17, 15) is 8.78 Å². The molecule has 8 rings (SSSR count). The van der Waals surface area contributed by atoms with E-state index in [1.54, 1.807) is 12.1 Å². The van der Waals surface area contributed by atoms with Gasteiger partial charge in [-0.2, -0.15) is 23.3 Å². The van der Waals surface area contributed by atoms with Crippen molar-refractivity contribution in [3.63, 3.8) is 0 Å². The maximum absolute atomic E-state index is 15.0. The molecule has 0 heterocycles. The Labute approximate surface area is 362 Å². The second kappa shape index (κ2) is 23.1. The molecule has 0 nitrogen and oxygen atoms in total. The van der Waals surface area contributed by atoms with Crippen LogP contribution in [-0.4, -0.2) is 6.88 Å². The van der Waals surface area contributed by atoms with Gasteiger partial charge in [0.05, 0.1) is 0 Å². The van der Waals surface area contributed by atoms with Gasteiger partial charge in [-0.3, -0.25) is 0 Å². The van der Waals surface area contributed by atoms with Crippen LogP contribution in [0.25, 0.3) is 66.8 Å². The standard InChI is InChI=1S/2C24H18F.2CH3.2ClH.Si.Zr/c2*1-2-17-15-19-11-6-7-12-21(22(19)16-17)24-20(13-8-14-23(24)25)18-9-4-3-5-10-18;;;;;;/h2*3-14,16H,2H2,1H3;2*1H3;2*1H;;/q4*-1;;;;. The van der Waals surface area contributed by atoms with E-state index >= 15 is 0 Å². The molecule has 0 bridgehead atoms. The van der Waals surface area contributed by atoms with Crippen LogP contribution in [0.5, 0.6) is 0 Å². The second-order valence-corrected chi connectivity index (χ2v) is 12.3. The maximum atomic E-state index is 15.0. The summed E-state index contributed by atoms with van der Waals surface area (Å²) in [6.07, 6.45) is 1.83. The zero-order valence-corrected chi connectivity index (χ0v) is 37.1. The van der Waals surface area contributed by atoms with E-state index in [2.05, 4.69) is 45.0 Å². The van der Waals surface area contributed by atoms with E-state index < -0.39 is 0 Å². The monoisotopic (exact) mass is 870 g/mol. The summed E-state index contributed by atoms with van der Waals surface area (Å²) in [5.74, 6) is -0.402. The Kier molecular flexibility index (Phi) is 19.8. The van der Waals surface area contributed by atoms with Crippen molar-refractivity contribution < 1.29 is 32.1 Å². The van der Waals surface area contributed by atoms with Crippen LogP contribution in [0.4, 0.5) is 8.78 Å². The third kappa shape index (κ3) is 10.6. The van der Waals surface area contributed by atoms with Crippen LogP contribution in [0, 0.1) is 38.6 Å². The number of hydrogen-bond acceptors (Lipinski definition) is 0. The Morgan fingerprint density at radius 2 is 0.750 bits per heavy atom. The van der Waals surface area contributed by atoms with Gasteiger partial charge in [-0.05, 0) is 47.2 Å². The van der Waals surface area contributed by atoms with Crippen molar-refractivity contribution >= 4 is 31.7 Å². The van der Waals surface area contributed by atoms with E-state index in [4.69, 9.17) is 0 Å². The third-order valence-electron chi connectivity index (χ3n) is 9.16. The molecule has 4 aromatic rings. The van der Waals surface area contributed by atoms with Crippen molar-refractivity contribution in [2.75, 3.05) is 0 Å². The first-order chi connectivity index (χ1) is 25.6. The molecule has 0 aromatic heterocycles. The number of fused-ring (bicyclic) bond motifs is 2. The fraction of sp³-hybridized carbons (Fsp3) is 0.0800. The third-order valence-corrected chi connectivity index (χ3v) is 9.16. The van der Waals surface area contributed by atoms with Gasteiger partial charge in [0.25, 0.3) is 0 Å². The molecule has 0 saturated carbocycles. The number of hydrogen-bond donors (Lipinski definition) is 0. The van der Waals surface area contributed by atoms with Crippen LogP contribution in [-0.2, 0) is 36.2 Å². The normalized spacial score (nSPS) is 9.84. The van der Waals surface area contributed by atoms with Gasteiger partial charge in [-0.25, -0.2) is 8.78 Å². The Morgan fingerprint density at radius 3 is 1.11 bits per heavy atom. The van der Waals surface area contributed by atoms with Crippen molar-refractivity contribution in [2.45, 2.75) is 26.7 Å². The van der Waals surface area contributed by atoms with Gasteiger partial charge in [-0.15, -0.1) is 83.5 Å². The molecule has 4 aliphatic carbocycles. The van der Waals surface area contributed by atoms with Crippen molar-refractivity contribution in [1.82, 2.24) is 0 Å². The zero-order chi connectivity index (χ0) is 36.5. The predicted molar refractivity (Wildman–Crippen MR) is 237 cm³/mol. The molecule has 0 atom stereocenters. The minimum atomic E-state index is -0.201. The Morgan fingerprint density at radius 1 is 0.429 bits per heavy atom. The predicted octanol–water partition coefficient (Wildman–Crippen LogP) is 14.6. The first-order valence-electron chi connectivity index (χ1n) is 17.4. The van der Waals surface area contributed by atoms with E-state index in [1.165, 1.54) is 35.5 Å². The summed E-state index contributed by atoms with van der Waals surface area (Å²) in [6, 6.07) is 57.7. The molecule has 0 unspecified atom stereocenters. The summed E-state index contributed by atoms with van der Waals surface area (Å²) in [4.78, 5) is 0. The molecule has 6 heteroatoms. The molecule has 0 spiro atoms. The molecule has 56 heavy (non-hydrogen) atoms. The van der Waals surface area contributed by atoms with Crippen LogP contribution in [0.2, 0.25) is 0 Å². The van der Waals surface area contributed by atoms with Crippen LogP contribution in [0.1, 0.15) is 25.0 Å². The average Bonchev–Trinajstić information content (AvgIpc) is 3.69. The van der Waals surface area contributed by atoms with Crippen LogP contribution < -0.4 is 0 Å². The molecule has 0 N–H and O–H groups in total. The van der Waals surface area contributed by atoms with Gasteiger partial charge < -0.3 is 14.9 Å². The van der Waals surface area contributed by atoms with Gasteiger partial charge in [0, 0.05) is 11.1 Å². The van der Waals surface area contributed by atoms with Crippen LogP contribution >= 0.6 is 24.8 Å². The molecule has 284 valence electrons. The molecule has 0 fully saturated rings. The Balaban J connectivity index is 0.000000347. The van der Waals surface area contributed by atoms with E-state index in [1.807, 2.05) is 121 Å². The molecule has 4 aliphatic rings. The topological polar surface area (TPSA) is 0 Å². The van der Waals surface area contributed by atoms with Crippen molar-refractivity contribution in [3.8, 4) is 66.8 Å². The Bertz CT molecular complexity index is 2180. The van der Waals surface area contributed by atoms with Gasteiger partial charge in [0.1, 0.15) is 11.6 Å². The molecule has 0 saturated heterocycles. The number of aryl methyl sites for hydroxylation is 2. The van der Waals surface area contributed by atoms with Crippen LogP contribution in [0.3, 0.4) is 0 Å². The van der Waals surface area contributed by atoms with Gasteiger partial charge >= 0.3 is 30.2 Å². The first kappa shape index (κ1) is 48.0. The summed E-state index contributed by atoms with van der Waals surface area (Å²) in [7, 11) is 0. The van der Waals surface area contributed by atoms with Gasteiger partial charge in [-0.1, -0.05) is 134 Å². The van der Waals surface area contributed by atoms with Gasteiger partial charge in [0.15, 0.2) is 0 Å². The quantitative estimate of drug-likeness (QED) is 0.115. The summed E-state index contributed by atoms with van der Waals surface area (Å²) in [6.45, 7) is 7.29. The molecular weight excluding hydrogens is 829 g/mol. The van der Waals surface area contributed by atoms with Gasteiger partial charge in [0.2, 0.25) is 0 Å². The number of halogens is 4. The van der Waals surface area contributed by atoms with E-state index in [0.717, 1.165) is 79.6 Å². The zero-order valence-electron chi connectivity index (χ0n) is 32.0. The summed E-state index contributed by atoms with van der Waals surface area (Å²) in [5.41, 5.74) is 13.4. The molecular formula is C50H44Cl2F2SiZr-4. The minimum absolute atomic E-state index is 0. The summed E-state index contributed by atoms with van der Waals surface area (Å²) >= 11 is 1.36. The summed E-state index contributed by atoms with van der Waals surface area (Å²) < 4.78 is 29.9. The van der Waals surface area contributed by atoms with Crippen molar-refractivity contribution in [2.24, 2.45) is 0 Å². The molecule has 0 amide bonds. The fourth-order valence-electron chi connectivity index (χ4n) is 6.68.